The predicted molar refractivity (Wildman–Crippen MR) is 142 cm³/mol. The number of nitrogens with zero attached hydrogens (tertiary/aromatic N) is 7. The quantitative estimate of drug-likeness (QED) is 0.404. The van der Waals surface area contributed by atoms with E-state index in [4.69, 9.17) is 9.97 Å². The van der Waals surface area contributed by atoms with Crippen molar-refractivity contribution >= 4 is 23.5 Å². The Morgan fingerprint density at radius 3 is 2.63 bits per heavy atom. The number of hydrogen-bond donors (Lipinski definition) is 2. The number of hydrogen-bond acceptors (Lipinski definition) is 7. The van der Waals surface area contributed by atoms with Crippen LogP contribution in [0, 0.1) is 0 Å². The van der Waals surface area contributed by atoms with Crippen molar-refractivity contribution in [1.82, 2.24) is 34.6 Å². The summed E-state index contributed by atoms with van der Waals surface area (Å²) >= 11 is 0. The van der Waals surface area contributed by atoms with Crippen molar-refractivity contribution in [3.63, 3.8) is 0 Å². The Bertz CT molecular complexity index is 1470. The maximum absolute atomic E-state index is 14.0. The highest BCUT2D eigenvalue weighted by molar-refractivity contribution is 5.94. The minimum absolute atomic E-state index is 0.123. The van der Waals surface area contributed by atoms with Gasteiger partial charge in [-0.2, -0.15) is 20.1 Å². The minimum atomic E-state index is -1.29. The molecule has 1 fully saturated rings. The molecule has 1 aromatic carbocycles. The minimum Gasteiger partial charge on any atom is -0.342 e. The van der Waals surface area contributed by atoms with E-state index in [1.807, 2.05) is 55.1 Å². The number of aromatic amines is 1. The normalized spacial score (nSPS) is 16.2. The topological polar surface area (TPSA) is 108 Å². The third-order valence-electron chi connectivity index (χ3n) is 7.23. The summed E-state index contributed by atoms with van der Waals surface area (Å²) in [6.45, 7) is 5.13. The lowest BCUT2D eigenvalue weighted by atomic mass is 9.98. The Balaban J connectivity index is 1.21. The number of amides is 1. The van der Waals surface area contributed by atoms with Gasteiger partial charge in [0.05, 0.1) is 25.8 Å². The molecule has 1 amide bonds. The van der Waals surface area contributed by atoms with E-state index in [1.165, 1.54) is 6.92 Å². The van der Waals surface area contributed by atoms with Crippen LogP contribution < -0.4 is 10.2 Å². The van der Waals surface area contributed by atoms with E-state index in [9.17, 15) is 9.18 Å². The Morgan fingerprint density at radius 1 is 1.16 bits per heavy atom. The molecule has 0 aliphatic carbocycles. The SMILES string of the molecule is CCc1nc(Nc2ccc(-c3cn[nH]c3)cc2)nc(N2CCc3cc(C(=O)N4CC(C)(F)C4)n(C)c3C2)n1. The number of aryl methyl sites for hydroxylation is 1. The second kappa shape index (κ2) is 9.23. The molecular weight excluding hydrogens is 485 g/mol. The van der Waals surface area contributed by atoms with E-state index in [1.54, 1.807) is 11.1 Å². The first kappa shape index (κ1) is 24.1. The fraction of sp³-hybridized carbons (Fsp3) is 0.370. The monoisotopic (exact) mass is 515 g/mol. The van der Waals surface area contributed by atoms with Crippen molar-refractivity contribution in [2.75, 3.05) is 29.9 Å². The summed E-state index contributed by atoms with van der Waals surface area (Å²) in [5, 5.41) is 10.1. The van der Waals surface area contributed by atoms with E-state index in [-0.39, 0.29) is 19.0 Å². The second-order valence-corrected chi connectivity index (χ2v) is 10.2. The molecule has 0 atom stereocenters. The molecule has 196 valence electrons. The van der Waals surface area contributed by atoms with E-state index >= 15 is 0 Å². The maximum Gasteiger partial charge on any atom is 0.270 e. The average molecular weight is 516 g/mol. The van der Waals surface area contributed by atoms with E-state index in [0.717, 1.165) is 41.0 Å². The fourth-order valence-corrected chi connectivity index (χ4v) is 5.12. The van der Waals surface area contributed by atoms with Gasteiger partial charge in [-0.05, 0) is 42.7 Å². The first-order valence-electron chi connectivity index (χ1n) is 12.8. The molecular formula is C27H30FN9O. The van der Waals surface area contributed by atoms with Crippen molar-refractivity contribution in [1.29, 1.82) is 0 Å². The average Bonchev–Trinajstić information content (AvgIpc) is 3.55. The second-order valence-electron chi connectivity index (χ2n) is 10.2. The van der Waals surface area contributed by atoms with Gasteiger partial charge in [-0.15, -0.1) is 0 Å². The number of anilines is 3. The predicted octanol–water partition coefficient (Wildman–Crippen LogP) is 3.65. The highest BCUT2D eigenvalue weighted by atomic mass is 19.1. The molecule has 0 saturated carbocycles. The summed E-state index contributed by atoms with van der Waals surface area (Å²) in [7, 11) is 1.90. The first-order chi connectivity index (χ1) is 18.3. The van der Waals surface area contributed by atoms with Gasteiger partial charge in [0.15, 0.2) is 0 Å². The van der Waals surface area contributed by atoms with Crippen molar-refractivity contribution < 1.29 is 9.18 Å². The number of likely N-dealkylation sites (tertiary alicyclic amines) is 1. The molecule has 0 radical (unpaired) electrons. The van der Waals surface area contributed by atoms with Gasteiger partial charge in [0.25, 0.3) is 5.91 Å². The molecule has 2 aliphatic rings. The van der Waals surface area contributed by atoms with Gasteiger partial charge in [-0.25, -0.2) is 4.39 Å². The lowest BCUT2D eigenvalue weighted by Gasteiger charge is -2.42. The van der Waals surface area contributed by atoms with Crippen LogP contribution in [0.15, 0.2) is 42.7 Å². The van der Waals surface area contributed by atoms with E-state index in [0.29, 0.717) is 36.4 Å². The highest BCUT2D eigenvalue weighted by Gasteiger charge is 2.42. The number of fused-ring (bicyclic) bond motifs is 1. The molecule has 10 nitrogen and oxygen atoms in total. The van der Waals surface area contributed by atoms with Gasteiger partial charge in [-0.1, -0.05) is 19.1 Å². The number of rotatable bonds is 6. The van der Waals surface area contributed by atoms with Crippen molar-refractivity contribution in [2.24, 2.45) is 7.05 Å². The molecule has 5 heterocycles. The number of H-pyrrole nitrogens is 1. The fourth-order valence-electron chi connectivity index (χ4n) is 5.12. The maximum atomic E-state index is 14.0. The molecule has 0 bridgehead atoms. The number of carbonyl (C=O) groups is 1. The summed E-state index contributed by atoms with van der Waals surface area (Å²) in [5.74, 6) is 1.67. The summed E-state index contributed by atoms with van der Waals surface area (Å²) in [4.78, 5) is 30.7. The van der Waals surface area contributed by atoms with Crippen LogP contribution in [0.3, 0.4) is 0 Å². The van der Waals surface area contributed by atoms with Gasteiger partial charge in [-0.3, -0.25) is 9.89 Å². The molecule has 3 aromatic heterocycles. The van der Waals surface area contributed by atoms with Crippen LogP contribution in [0.5, 0.6) is 0 Å². The number of halogens is 1. The summed E-state index contributed by atoms with van der Waals surface area (Å²) < 4.78 is 15.9. The summed E-state index contributed by atoms with van der Waals surface area (Å²) in [5.41, 5.74) is 4.44. The zero-order valence-electron chi connectivity index (χ0n) is 21.7. The van der Waals surface area contributed by atoms with Crippen LogP contribution in [0.25, 0.3) is 11.1 Å². The standard InChI is InChI=1S/C27H30FN9O/c1-4-23-32-25(31-20-7-5-17(6-8-20)19-12-29-30-13-19)34-26(33-23)36-10-9-18-11-21(35(3)22(18)14-36)24(38)37-15-27(2,28)16-37/h5-8,11-13H,4,9-10,14-16H2,1-3H3,(H,29,30)(H,31,32,33,34). The first-order valence-corrected chi connectivity index (χ1v) is 12.8. The molecule has 2 N–H and O–H groups in total. The van der Waals surface area contributed by atoms with Gasteiger partial charge >= 0.3 is 0 Å². The Hall–Kier alpha value is -4.28. The van der Waals surface area contributed by atoms with Crippen LogP contribution in [-0.4, -0.2) is 65.8 Å². The van der Waals surface area contributed by atoms with Gasteiger partial charge in [0, 0.05) is 43.2 Å². The Kier molecular flexibility index (Phi) is 5.85. The molecule has 2 aliphatic heterocycles. The largest absolute Gasteiger partial charge is 0.342 e. The zero-order chi connectivity index (χ0) is 26.4. The molecule has 4 aromatic rings. The van der Waals surface area contributed by atoms with Crippen molar-refractivity contribution in [3.8, 4) is 11.1 Å². The summed E-state index contributed by atoms with van der Waals surface area (Å²) in [6, 6.07) is 9.96. The molecule has 6 rings (SSSR count). The number of aromatic nitrogens is 6. The third-order valence-corrected chi connectivity index (χ3v) is 7.23. The van der Waals surface area contributed by atoms with Crippen LogP contribution in [0.1, 0.15) is 41.4 Å². The van der Waals surface area contributed by atoms with Gasteiger partial charge in [0.1, 0.15) is 17.2 Å². The number of benzene rings is 1. The van der Waals surface area contributed by atoms with Gasteiger partial charge < -0.3 is 19.7 Å². The molecule has 11 heteroatoms. The van der Waals surface area contributed by atoms with E-state index in [2.05, 4.69) is 25.4 Å². The van der Waals surface area contributed by atoms with Gasteiger partial charge in [0.2, 0.25) is 11.9 Å². The van der Waals surface area contributed by atoms with Crippen molar-refractivity contribution in [3.05, 3.63) is 65.5 Å². The molecule has 38 heavy (non-hydrogen) atoms. The number of carbonyl (C=O) groups excluding carboxylic acids is 1. The van der Waals surface area contributed by atoms with Crippen LogP contribution in [0.4, 0.5) is 22.0 Å². The third kappa shape index (κ3) is 4.48. The Labute approximate surface area is 219 Å². The van der Waals surface area contributed by atoms with E-state index < -0.39 is 5.67 Å². The highest BCUT2D eigenvalue weighted by Crippen LogP contribution is 2.30. The smallest absolute Gasteiger partial charge is 0.270 e. The molecule has 0 unspecified atom stereocenters. The van der Waals surface area contributed by atoms with Crippen molar-refractivity contribution in [2.45, 2.75) is 38.9 Å². The number of nitrogens with one attached hydrogen (secondary N) is 2. The summed E-state index contributed by atoms with van der Waals surface area (Å²) in [6.07, 6.45) is 5.08. The Morgan fingerprint density at radius 2 is 1.95 bits per heavy atom. The van der Waals surface area contributed by atoms with Crippen LogP contribution in [0.2, 0.25) is 0 Å². The lowest BCUT2D eigenvalue weighted by Crippen LogP contribution is -2.59. The molecule has 0 spiro atoms. The zero-order valence-corrected chi connectivity index (χ0v) is 21.7. The molecule has 1 saturated heterocycles. The lowest BCUT2D eigenvalue weighted by molar-refractivity contribution is -0.00847. The van der Waals surface area contributed by atoms with Crippen LogP contribution in [-0.2, 0) is 26.4 Å². The van der Waals surface area contributed by atoms with Crippen LogP contribution >= 0.6 is 0 Å². The number of alkyl halides is 1.